The van der Waals surface area contributed by atoms with Crippen LogP contribution in [0.4, 0.5) is 0 Å². The van der Waals surface area contributed by atoms with Crippen molar-refractivity contribution in [1.82, 2.24) is 4.90 Å². The van der Waals surface area contributed by atoms with Gasteiger partial charge in [-0.2, -0.15) is 0 Å². The molecule has 130 valence electrons. The molecule has 2 aromatic rings. The van der Waals surface area contributed by atoms with Gasteiger partial charge in [0.15, 0.2) is 0 Å². The second-order valence-corrected chi connectivity index (χ2v) is 7.50. The molecule has 0 saturated heterocycles. The van der Waals surface area contributed by atoms with Gasteiger partial charge in [0.2, 0.25) is 10.0 Å². The lowest BCUT2D eigenvalue weighted by Crippen LogP contribution is -2.27. The van der Waals surface area contributed by atoms with Crippen LogP contribution in [-0.4, -0.2) is 33.5 Å². The van der Waals surface area contributed by atoms with Crippen molar-refractivity contribution >= 4 is 10.0 Å². The van der Waals surface area contributed by atoms with Crippen molar-refractivity contribution < 1.29 is 13.2 Å². The van der Waals surface area contributed by atoms with Crippen molar-refractivity contribution in [2.45, 2.75) is 24.8 Å². The summed E-state index contributed by atoms with van der Waals surface area (Å²) >= 11 is 0. The number of ether oxygens (including phenoxy) is 1. The normalized spacial score (nSPS) is 13.0. The highest BCUT2D eigenvalue weighted by atomic mass is 32.2. The Bertz CT molecular complexity index is 790. The van der Waals surface area contributed by atoms with Crippen LogP contribution in [-0.2, 0) is 10.0 Å². The minimum atomic E-state index is -3.68. The van der Waals surface area contributed by atoms with Gasteiger partial charge in [-0.05, 0) is 56.3 Å². The average Bonchev–Trinajstić information content (AvgIpc) is 2.53. The molecule has 2 aromatic carbocycles. The van der Waals surface area contributed by atoms with Crippen molar-refractivity contribution in [2.24, 2.45) is 5.14 Å². The topological polar surface area (TPSA) is 72.6 Å². The third kappa shape index (κ3) is 5.06. The van der Waals surface area contributed by atoms with Crippen LogP contribution in [0.25, 0.3) is 0 Å². The first kappa shape index (κ1) is 18.4. The van der Waals surface area contributed by atoms with Gasteiger partial charge in [-0.25, -0.2) is 13.6 Å². The monoisotopic (exact) mass is 348 g/mol. The number of hydrogen-bond acceptors (Lipinski definition) is 4. The summed E-state index contributed by atoms with van der Waals surface area (Å²) in [6.07, 6.45) is 0. The summed E-state index contributed by atoms with van der Waals surface area (Å²) < 4.78 is 28.7. The maximum Gasteiger partial charge on any atom is 0.238 e. The van der Waals surface area contributed by atoms with E-state index in [-0.39, 0.29) is 10.9 Å². The lowest BCUT2D eigenvalue weighted by Gasteiger charge is -2.25. The van der Waals surface area contributed by atoms with Crippen molar-refractivity contribution in [3.8, 4) is 5.75 Å². The molecule has 0 amide bonds. The highest BCUT2D eigenvalue weighted by Crippen LogP contribution is 2.21. The Kier molecular flexibility index (Phi) is 5.99. The molecule has 6 heteroatoms. The molecule has 0 radical (unpaired) electrons. The summed E-state index contributed by atoms with van der Waals surface area (Å²) in [5.74, 6) is 0.854. The van der Waals surface area contributed by atoms with Crippen molar-refractivity contribution in [2.75, 3.05) is 20.2 Å². The van der Waals surface area contributed by atoms with Crippen molar-refractivity contribution in [3.63, 3.8) is 0 Å². The highest BCUT2D eigenvalue weighted by molar-refractivity contribution is 7.89. The summed E-state index contributed by atoms with van der Waals surface area (Å²) in [7, 11) is -1.70. The Morgan fingerprint density at radius 3 is 2.54 bits per heavy atom. The Morgan fingerprint density at radius 1 is 1.17 bits per heavy atom. The lowest BCUT2D eigenvalue weighted by molar-refractivity contribution is 0.201. The van der Waals surface area contributed by atoms with Gasteiger partial charge < -0.3 is 4.74 Å². The third-order valence-electron chi connectivity index (χ3n) is 4.03. The van der Waals surface area contributed by atoms with Gasteiger partial charge in [0.25, 0.3) is 0 Å². The number of hydrogen-bond donors (Lipinski definition) is 1. The zero-order chi connectivity index (χ0) is 17.7. The van der Waals surface area contributed by atoms with Crippen LogP contribution in [0, 0.1) is 6.92 Å². The fourth-order valence-electron chi connectivity index (χ4n) is 2.41. The molecule has 24 heavy (non-hydrogen) atoms. The number of likely N-dealkylation sites (N-methyl/N-ethyl adjacent to an activating group) is 1. The van der Waals surface area contributed by atoms with Gasteiger partial charge in [0.1, 0.15) is 12.4 Å². The maximum absolute atomic E-state index is 11.5. The Labute approximate surface area is 144 Å². The summed E-state index contributed by atoms with van der Waals surface area (Å²) in [6.45, 7) is 5.32. The van der Waals surface area contributed by atoms with Crippen LogP contribution in [0.5, 0.6) is 5.75 Å². The SMILES string of the molecule is Cc1cccc(OCCN(C)[C@H](C)c2cccc(S(N)(=O)=O)c2)c1. The molecule has 5 nitrogen and oxygen atoms in total. The number of primary sulfonamides is 1. The fraction of sp³-hybridized carbons (Fsp3) is 0.333. The Hall–Kier alpha value is -1.89. The lowest BCUT2D eigenvalue weighted by atomic mass is 10.1. The molecule has 0 aliphatic rings. The standard InChI is InChI=1S/C18H24N2O3S/c1-14-6-4-8-17(12-14)23-11-10-20(3)15(2)16-7-5-9-18(13-16)24(19,21)22/h4-9,12-13,15H,10-11H2,1-3H3,(H2,19,21,22)/t15-/m1/s1. The third-order valence-corrected chi connectivity index (χ3v) is 4.94. The minimum absolute atomic E-state index is 0.0489. The molecule has 0 aliphatic heterocycles. The van der Waals surface area contributed by atoms with E-state index in [1.807, 2.05) is 51.2 Å². The smallest absolute Gasteiger partial charge is 0.238 e. The van der Waals surface area contributed by atoms with Crippen LogP contribution in [0.15, 0.2) is 53.4 Å². The van der Waals surface area contributed by atoms with Gasteiger partial charge >= 0.3 is 0 Å². The zero-order valence-corrected chi connectivity index (χ0v) is 15.1. The fourth-order valence-corrected chi connectivity index (χ4v) is 2.98. The van der Waals surface area contributed by atoms with E-state index in [1.165, 1.54) is 6.07 Å². The predicted octanol–water partition coefficient (Wildman–Crippen LogP) is 2.71. The van der Waals surface area contributed by atoms with E-state index in [1.54, 1.807) is 12.1 Å². The molecule has 0 heterocycles. The number of nitrogens with zero attached hydrogens (tertiary/aromatic N) is 1. The van der Waals surface area contributed by atoms with Crippen LogP contribution < -0.4 is 9.88 Å². The van der Waals surface area contributed by atoms with Crippen LogP contribution in [0.2, 0.25) is 0 Å². The van der Waals surface area contributed by atoms with E-state index in [9.17, 15) is 8.42 Å². The Balaban J connectivity index is 1.96. The molecule has 0 unspecified atom stereocenters. The second kappa shape index (κ2) is 7.79. The molecule has 2 N–H and O–H groups in total. The van der Waals surface area contributed by atoms with E-state index in [2.05, 4.69) is 4.90 Å². The van der Waals surface area contributed by atoms with Gasteiger partial charge in [-0.1, -0.05) is 24.3 Å². The molecule has 1 atom stereocenters. The van der Waals surface area contributed by atoms with Crippen molar-refractivity contribution in [3.05, 3.63) is 59.7 Å². The first-order chi connectivity index (χ1) is 11.3. The Morgan fingerprint density at radius 2 is 1.88 bits per heavy atom. The zero-order valence-electron chi connectivity index (χ0n) is 14.3. The van der Waals surface area contributed by atoms with Crippen LogP contribution >= 0.6 is 0 Å². The number of rotatable bonds is 7. The first-order valence-corrected chi connectivity index (χ1v) is 9.34. The summed E-state index contributed by atoms with van der Waals surface area (Å²) in [6, 6.07) is 14.7. The van der Waals surface area contributed by atoms with E-state index in [0.717, 1.165) is 16.9 Å². The predicted molar refractivity (Wildman–Crippen MR) is 95.5 cm³/mol. The molecule has 0 aliphatic carbocycles. The van der Waals surface area contributed by atoms with Gasteiger partial charge in [-0.15, -0.1) is 0 Å². The molecular weight excluding hydrogens is 324 g/mol. The van der Waals surface area contributed by atoms with Crippen molar-refractivity contribution in [1.29, 1.82) is 0 Å². The maximum atomic E-state index is 11.5. The highest BCUT2D eigenvalue weighted by Gasteiger charge is 2.15. The van der Waals surface area contributed by atoms with E-state index in [4.69, 9.17) is 9.88 Å². The number of sulfonamides is 1. The van der Waals surface area contributed by atoms with Gasteiger partial charge in [0.05, 0.1) is 4.90 Å². The van der Waals surface area contributed by atoms with E-state index in [0.29, 0.717) is 13.2 Å². The first-order valence-electron chi connectivity index (χ1n) is 7.80. The van der Waals surface area contributed by atoms with Crippen LogP contribution in [0.3, 0.4) is 0 Å². The van der Waals surface area contributed by atoms with E-state index >= 15 is 0 Å². The number of nitrogens with two attached hydrogens (primary N) is 1. The quantitative estimate of drug-likeness (QED) is 0.835. The average molecular weight is 348 g/mol. The van der Waals surface area contributed by atoms with Crippen LogP contribution in [0.1, 0.15) is 24.1 Å². The van der Waals surface area contributed by atoms with Gasteiger partial charge in [-0.3, -0.25) is 4.90 Å². The molecule has 0 fully saturated rings. The molecule has 0 aromatic heterocycles. The second-order valence-electron chi connectivity index (χ2n) is 5.94. The van der Waals surface area contributed by atoms with Gasteiger partial charge in [0, 0.05) is 12.6 Å². The largest absolute Gasteiger partial charge is 0.492 e. The summed E-state index contributed by atoms with van der Waals surface area (Å²) in [5.41, 5.74) is 2.06. The molecule has 0 bridgehead atoms. The summed E-state index contributed by atoms with van der Waals surface area (Å²) in [5, 5.41) is 5.20. The molecular formula is C18H24N2O3S. The molecule has 0 spiro atoms. The summed E-state index contributed by atoms with van der Waals surface area (Å²) in [4.78, 5) is 2.24. The number of aryl methyl sites for hydroxylation is 1. The molecule has 2 rings (SSSR count). The van der Waals surface area contributed by atoms with E-state index < -0.39 is 10.0 Å². The minimum Gasteiger partial charge on any atom is -0.492 e. The number of benzene rings is 2. The molecule has 0 saturated carbocycles.